The SMILES string of the molecule is C=COC(F)CF. The van der Waals surface area contributed by atoms with Crippen LogP contribution in [0.5, 0.6) is 0 Å². The summed E-state index contributed by atoms with van der Waals surface area (Å²) in [4.78, 5) is 0. The van der Waals surface area contributed by atoms with E-state index in [0.717, 1.165) is 6.26 Å². The molecule has 0 bridgehead atoms. The highest BCUT2D eigenvalue weighted by molar-refractivity contribution is 4.50. The maximum Gasteiger partial charge on any atom is 0.265 e. The van der Waals surface area contributed by atoms with E-state index in [2.05, 4.69) is 11.3 Å². The fourth-order valence-electron chi connectivity index (χ4n) is 0.141. The minimum atomic E-state index is -1.84. The molecular weight excluding hydrogens is 102 g/mol. The zero-order valence-electron chi connectivity index (χ0n) is 3.73. The quantitative estimate of drug-likeness (QED) is 0.496. The van der Waals surface area contributed by atoms with Crippen LogP contribution in [0.2, 0.25) is 0 Å². The van der Waals surface area contributed by atoms with Crippen LogP contribution in [-0.2, 0) is 4.74 Å². The lowest BCUT2D eigenvalue weighted by molar-refractivity contribution is 0.00565. The molecule has 0 heterocycles. The summed E-state index contributed by atoms with van der Waals surface area (Å²) in [6, 6.07) is 0. The summed E-state index contributed by atoms with van der Waals surface area (Å²) in [5.41, 5.74) is 0. The van der Waals surface area contributed by atoms with Crippen LogP contribution in [0.15, 0.2) is 12.8 Å². The van der Waals surface area contributed by atoms with E-state index in [9.17, 15) is 8.78 Å². The minimum Gasteiger partial charge on any atom is -0.466 e. The average Bonchev–Trinajstić information content (AvgIpc) is 1.68. The van der Waals surface area contributed by atoms with Crippen LogP contribution >= 0.6 is 0 Å². The predicted molar refractivity (Wildman–Crippen MR) is 22.2 cm³/mol. The van der Waals surface area contributed by atoms with Crippen LogP contribution in [0.25, 0.3) is 0 Å². The van der Waals surface area contributed by atoms with E-state index in [1.54, 1.807) is 0 Å². The first-order chi connectivity index (χ1) is 3.31. The Balaban J connectivity index is 2.98. The third kappa shape index (κ3) is 3.22. The molecule has 3 heteroatoms. The molecule has 0 saturated carbocycles. The van der Waals surface area contributed by atoms with Crippen LogP contribution < -0.4 is 0 Å². The third-order valence-electron chi connectivity index (χ3n) is 0.365. The van der Waals surface area contributed by atoms with Crippen LogP contribution in [0, 0.1) is 0 Å². The molecule has 0 aliphatic rings. The topological polar surface area (TPSA) is 9.23 Å². The van der Waals surface area contributed by atoms with E-state index in [0.29, 0.717) is 0 Å². The van der Waals surface area contributed by atoms with Gasteiger partial charge in [-0.1, -0.05) is 6.58 Å². The second kappa shape index (κ2) is 3.59. The largest absolute Gasteiger partial charge is 0.466 e. The van der Waals surface area contributed by atoms with Crippen molar-refractivity contribution in [2.24, 2.45) is 0 Å². The molecule has 1 atom stereocenters. The molecule has 0 aliphatic carbocycles. The Hall–Kier alpha value is -0.600. The fourth-order valence-corrected chi connectivity index (χ4v) is 0.141. The van der Waals surface area contributed by atoms with Crippen molar-refractivity contribution in [1.82, 2.24) is 0 Å². The molecule has 0 N–H and O–H groups in total. The molecule has 0 aromatic heterocycles. The van der Waals surface area contributed by atoms with Gasteiger partial charge in [-0.05, 0) is 0 Å². The van der Waals surface area contributed by atoms with Crippen molar-refractivity contribution < 1.29 is 13.5 Å². The highest BCUT2D eigenvalue weighted by Crippen LogP contribution is 1.92. The maximum absolute atomic E-state index is 11.5. The van der Waals surface area contributed by atoms with Gasteiger partial charge in [-0.25, -0.2) is 4.39 Å². The van der Waals surface area contributed by atoms with E-state index < -0.39 is 13.0 Å². The van der Waals surface area contributed by atoms with Gasteiger partial charge in [0.15, 0.2) is 6.67 Å². The first-order valence-corrected chi connectivity index (χ1v) is 1.77. The summed E-state index contributed by atoms with van der Waals surface area (Å²) in [6.07, 6.45) is -0.970. The van der Waals surface area contributed by atoms with Crippen molar-refractivity contribution in [2.75, 3.05) is 6.67 Å². The Kier molecular flexibility index (Phi) is 3.28. The zero-order valence-corrected chi connectivity index (χ0v) is 3.73. The Morgan fingerprint density at radius 2 is 2.43 bits per heavy atom. The molecular formula is C4H6F2O. The molecule has 0 spiro atoms. The van der Waals surface area contributed by atoms with Crippen LogP contribution in [0.4, 0.5) is 8.78 Å². The summed E-state index contributed by atoms with van der Waals surface area (Å²) in [7, 11) is 0. The number of alkyl halides is 2. The van der Waals surface area contributed by atoms with Gasteiger partial charge in [0.25, 0.3) is 6.36 Å². The van der Waals surface area contributed by atoms with Crippen molar-refractivity contribution in [1.29, 1.82) is 0 Å². The average molecular weight is 108 g/mol. The van der Waals surface area contributed by atoms with Crippen molar-refractivity contribution in [3.63, 3.8) is 0 Å². The van der Waals surface area contributed by atoms with E-state index >= 15 is 0 Å². The Morgan fingerprint density at radius 1 is 1.86 bits per heavy atom. The normalized spacial score (nSPS) is 12.9. The molecule has 0 amide bonds. The highest BCUT2D eigenvalue weighted by Gasteiger charge is 1.99. The Bertz CT molecular complexity index is 55.7. The summed E-state index contributed by atoms with van der Waals surface area (Å²) >= 11 is 0. The van der Waals surface area contributed by atoms with E-state index in [1.807, 2.05) is 0 Å². The Labute approximate surface area is 40.6 Å². The molecule has 0 rings (SSSR count). The Morgan fingerprint density at radius 3 is 2.57 bits per heavy atom. The fraction of sp³-hybridized carbons (Fsp3) is 0.500. The number of hydrogen-bond acceptors (Lipinski definition) is 1. The minimum absolute atomic E-state index is 0.865. The van der Waals surface area contributed by atoms with Gasteiger partial charge in [-0.3, -0.25) is 0 Å². The van der Waals surface area contributed by atoms with Crippen LogP contribution in [-0.4, -0.2) is 13.0 Å². The molecule has 0 saturated heterocycles. The zero-order chi connectivity index (χ0) is 5.70. The van der Waals surface area contributed by atoms with E-state index in [1.165, 1.54) is 0 Å². The number of hydrogen-bond donors (Lipinski definition) is 0. The molecule has 0 aliphatic heterocycles. The van der Waals surface area contributed by atoms with E-state index in [4.69, 9.17) is 0 Å². The molecule has 1 unspecified atom stereocenters. The highest BCUT2D eigenvalue weighted by atomic mass is 19.2. The summed E-state index contributed by atoms with van der Waals surface area (Å²) in [6.45, 7) is 1.90. The van der Waals surface area contributed by atoms with Gasteiger partial charge >= 0.3 is 0 Å². The predicted octanol–water partition coefficient (Wildman–Crippen LogP) is 1.41. The maximum atomic E-state index is 11.5. The summed E-state index contributed by atoms with van der Waals surface area (Å²) in [5.74, 6) is 0. The smallest absolute Gasteiger partial charge is 0.265 e. The molecule has 0 radical (unpaired) electrons. The second-order valence-corrected chi connectivity index (χ2v) is 0.867. The van der Waals surface area contributed by atoms with Crippen molar-refractivity contribution >= 4 is 0 Å². The molecule has 42 valence electrons. The third-order valence-corrected chi connectivity index (χ3v) is 0.365. The van der Waals surface area contributed by atoms with Gasteiger partial charge in [0.2, 0.25) is 0 Å². The van der Waals surface area contributed by atoms with Gasteiger partial charge in [0.05, 0.1) is 6.26 Å². The lowest BCUT2D eigenvalue weighted by Gasteiger charge is -1.98. The van der Waals surface area contributed by atoms with E-state index in [-0.39, 0.29) is 0 Å². The van der Waals surface area contributed by atoms with Gasteiger partial charge in [0.1, 0.15) is 0 Å². The molecule has 0 aromatic carbocycles. The number of rotatable bonds is 3. The summed E-state index contributed by atoms with van der Waals surface area (Å²) < 4.78 is 26.4. The standard InChI is InChI=1S/C4H6F2O/c1-2-7-4(6)3-5/h2,4H,1,3H2. The first-order valence-electron chi connectivity index (χ1n) is 1.77. The van der Waals surface area contributed by atoms with Crippen LogP contribution in [0.1, 0.15) is 0 Å². The van der Waals surface area contributed by atoms with Gasteiger partial charge < -0.3 is 4.74 Å². The molecule has 1 nitrogen and oxygen atoms in total. The van der Waals surface area contributed by atoms with Crippen molar-refractivity contribution in [3.05, 3.63) is 12.8 Å². The van der Waals surface area contributed by atoms with Crippen LogP contribution in [0.3, 0.4) is 0 Å². The second-order valence-electron chi connectivity index (χ2n) is 0.867. The van der Waals surface area contributed by atoms with Gasteiger partial charge in [-0.2, -0.15) is 4.39 Å². The first kappa shape index (κ1) is 6.40. The molecule has 7 heavy (non-hydrogen) atoms. The lowest BCUT2D eigenvalue weighted by atomic mass is 10.8. The van der Waals surface area contributed by atoms with Gasteiger partial charge in [0, 0.05) is 0 Å². The lowest BCUT2D eigenvalue weighted by Crippen LogP contribution is -2.02. The molecule has 0 aromatic rings. The van der Waals surface area contributed by atoms with Gasteiger partial charge in [-0.15, -0.1) is 0 Å². The number of halogens is 2. The summed E-state index contributed by atoms with van der Waals surface area (Å²) in [5, 5.41) is 0. The number of ether oxygens (including phenoxy) is 1. The van der Waals surface area contributed by atoms with Crippen molar-refractivity contribution in [2.45, 2.75) is 6.36 Å². The molecule has 0 fully saturated rings. The monoisotopic (exact) mass is 108 g/mol. The van der Waals surface area contributed by atoms with Crippen molar-refractivity contribution in [3.8, 4) is 0 Å².